The van der Waals surface area contributed by atoms with Crippen LogP contribution in [0, 0.1) is 0 Å². The molecule has 1 heterocycles. The Morgan fingerprint density at radius 3 is 1.78 bits per heavy atom. The van der Waals surface area contributed by atoms with Gasteiger partial charge < -0.3 is 9.47 Å². The average Bonchev–Trinajstić information content (AvgIpc) is 2.64. The molecule has 2 aromatic carbocycles. The fourth-order valence-corrected chi connectivity index (χ4v) is 5.00. The van der Waals surface area contributed by atoms with Crippen molar-refractivity contribution in [2.24, 2.45) is 0 Å². The van der Waals surface area contributed by atoms with Gasteiger partial charge in [-0.05, 0) is 26.1 Å². The van der Waals surface area contributed by atoms with Gasteiger partial charge in [0, 0.05) is 28.3 Å². The van der Waals surface area contributed by atoms with E-state index in [1.54, 1.807) is 20.4 Å². The second-order valence-electron chi connectivity index (χ2n) is 4.89. The Labute approximate surface area is 137 Å². The number of hydrogen-bond acceptors (Lipinski definition) is 3. The summed E-state index contributed by atoms with van der Waals surface area (Å²) < 4.78 is 11.2. The smallest absolute Gasteiger partial charge is 0.127 e. The standard InChI is InChI=1S/C19H18NO2P/c1-21-16-9-3-5-11-18(16)23(15-8-7-13-20-14-15)19-12-6-4-10-17(19)22-2/h3-14H,1-2H3. The van der Waals surface area contributed by atoms with Gasteiger partial charge in [-0.2, -0.15) is 0 Å². The van der Waals surface area contributed by atoms with Crippen molar-refractivity contribution in [2.45, 2.75) is 0 Å². The summed E-state index contributed by atoms with van der Waals surface area (Å²) in [5.74, 6) is 1.77. The molecule has 23 heavy (non-hydrogen) atoms. The molecule has 0 spiro atoms. The molecule has 0 aliphatic carbocycles. The molecule has 3 nitrogen and oxygen atoms in total. The van der Waals surface area contributed by atoms with Crippen LogP contribution in [0.15, 0.2) is 73.1 Å². The van der Waals surface area contributed by atoms with Crippen LogP contribution >= 0.6 is 7.92 Å². The Hall–Kier alpha value is -2.38. The predicted molar refractivity (Wildman–Crippen MR) is 96.0 cm³/mol. The second kappa shape index (κ2) is 7.26. The van der Waals surface area contributed by atoms with E-state index in [1.807, 2.05) is 48.7 Å². The van der Waals surface area contributed by atoms with Crippen molar-refractivity contribution < 1.29 is 9.47 Å². The van der Waals surface area contributed by atoms with E-state index in [1.165, 1.54) is 0 Å². The Kier molecular flexibility index (Phi) is 4.89. The zero-order valence-electron chi connectivity index (χ0n) is 13.1. The van der Waals surface area contributed by atoms with Crippen LogP contribution in [0.5, 0.6) is 11.5 Å². The summed E-state index contributed by atoms with van der Waals surface area (Å²) in [5.41, 5.74) is 0. The van der Waals surface area contributed by atoms with Crippen LogP contribution in [0.25, 0.3) is 0 Å². The molecule has 0 saturated heterocycles. The highest BCUT2D eigenvalue weighted by atomic mass is 31.1. The zero-order chi connectivity index (χ0) is 16.1. The lowest BCUT2D eigenvalue weighted by Gasteiger charge is -2.22. The Morgan fingerprint density at radius 2 is 1.30 bits per heavy atom. The first-order chi connectivity index (χ1) is 11.3. The lowest BCUT2D eigenvalue weighted by molar-refractivity contribution is 0.417. The fraction of sp³-hybridized carbons (Fsp3) is 0.105. The molecule has 4 heteroatoms. The van der Waals surface area contributed by atoms with E-state index >= 15 is 0 Å². The molecule has 0 amide bonds. The number of aromatic nitrogens is 1. The number of hydrogen-bond donors (Lipinski definition) is 0. The molecule has 1 aromatic heterocycles. The van der Waals surface area contributed by atoms with Crippen molar-refractivity contribution in [3.8, 4) is 11.5 Å². The normalized spacial score (nSPS) is 10.6. The highest BCUT2D eigenvalue weighted by molar-refractivity contribution is 7.80. The monoisotopic (exact) mass is 323 g/mol. The molecule has 0 aliphatic rings. The largest absolute Gasteiger partial charge is 0.496 e. The molecule has 0 N–H and O–H groups in total. The van der Waals surface area contributed by atoms with Gasteiger partial charge in [0.25, 0.3) is 0 Å². The van der Waals surface area contributed by atoms with Crippen LogP contribution in [0.4, 0.5) is 0 Å². The summed E-state index contributed by atoms with van der Waals surface area (Å²) in [6, 6.07) is 20.4. The van der Waals surface area contributed by atoms with E-state index in [-0.39, 0.29) is 0 Å². The molecular formula is C19H18NO2P. The van der Waals surface area contributed by atoms with Gasteiger partial charge in [0.2, 0.25) is 0 Å². The molecule has 3 aromatic rings. The van der Waals surface area contributed by atoms with Gasteiger partial charge in [0.05, 0.1) is 14.2 Å². The quantitative estimate of drug-likeness (QED) is 0.677. The molecule has 116 valence electrons. The van der Waals surface area contributed by atoms with Crippen LogP contribution in [0.1, 0.15) is 0 Å². The van der Waals surface area contributed by atoms with Gasteiger partial charge in [-0.1, -0.05) is 42.5 Å². The summed E-state index contributed by atoms with van der Waals surface area (Å²) in [5, 5.41) is 3.47. The maximum Gasteiger partial charge on any atom is 0.127 e. The Bertz CT molecular complexity index is 730. The molecule has 0 atom stereocenters. The summed E-state index contributed by atoms with van der Waals surface area (Å²) in [4.78, 5) is 4.30. The second-order valence-corrected chi connectivity index (χ2v) is 7.04. The van der Waals surface area contributed by atoms with Crippen LogP contribution in [0.3, 0.4) is 0 Å². The van der Waals surface area contributed by atoms with Crippen molar-refractivity contribution in [3.05, 3.63) is 73.1 Å². The van der Waals surface area contributed by atoms with Gasteiger partial charge in [-0.25, -0.2) is 0 Å². The number of methoxy groups -OCH3 is 2. The third kappa shape index (κ3) is 3.20. The number of rotatable bonds is 5. The van der Waals surface area contributed by atoms with Crippen molar-refractivity contribution in [3.63, 3.8) is 0 Å². The molecule has 0 bridgehead atoms. The number of ether oxygens (including phenoxy) is 2. The number of pyridine rings is 1. The minimum absolute atomic E-state index is 0.812. The van der Waals surface area contributed by atoms with E-state index in [2.05, 4.69) is 23.2 Å². The molecular weight excluding hydrogens is 305 g/mol. The fourth-order valence-electron chi connectivity index (χ4n) is 2.52. The maximum atomic E-state index is 5.60. The van der Waals surface area contributed by atoms with E-state index < -0.39 is 7.92 Å². The van der Waals surface area contributed by atoms with E-state index in [0.29, 0.717) is 0 Å². The zero-order valence-corrected chi connectivity index (χ0v) is 14.0. The van der Waals surface area contributed by atoms with Crippen molar-refractivity contribution >= 4 is 23.8 Å². The molecule has 0 aliphatic heterocycles. The highest BCUT2D eigenvalue weighted by Gasteiger charge is 2.23. The van der Waals surface area contributed by atoms with E-state index in [9.17, 15) is 0 Å². The van der Waals surface area contributed by atoms with E-state index in [0.717, 1.165) is 27.4 Å². The minimum atomic E-state index is -0.812. The van der Waals surface area contributed by atoms with Crippen LogP contribution in [0.2, 0.25) is 0 Å². The van der Waals surface area contributed by atoms with E-state index in [4.69, 9.17) is 9.47 Å². The first kappa shape index (κ1) is 15.5. The van der Waals surface area contributed by atoms with Crippen molar-refractivity contribution in [1.29, 1.82) is 0 Å². The van der Waals surface area contributed by atoms with Crippen molar-refractivity contribution in [1.82, 2.24) is 4.98 Å². The lowest BCUT2D eigenvalue weighted by Crippen LogP contribution is -2.23. The summed E-state index contributed by atoms with van der Waals surface area (Å²) in [6.07, 6.45) is 3.71. The molecule has 3 rings (SSSR count). The molecule has 0 fully saturated rings. The number of nitrogens with zero attached hydrogens (tertiary/aromatic N) is 1. The van der Waals surface area contributed by atoms with Crippen LogP contribution < -0.4 is 25.4 Å². The predicted octanol–water partition coefficient (Wildman–Crippen LogP) is 2.86. The minimum Gasteiger partial charge on any atom is -0.496 e. The maximum absolute atomic E-state index is 5.60. The van der Waals surface area contributed by atoms with Gasteiger partial charge >= 0.3 is 0 Å². The van der Waals surface area contributed by atoms with Crippen molar-refractivity contribution in [2.75, 3.05) is 14.2 Å². The molecule has 0 unspecified atom stereocenters. The summed E-state index contributed by atoms with van der Waals surface area (Å²) in [6.45, 7) is 0. The summed E-state index contributed by atoms with van der Waals surface area (Å²) >= 11 is 0. The topological polar surface area (TPSA) is 31.4 Å². The van der Waals surface area contributed by atoms with Gasteiger partial charge in [-0.15, -0.1) is 0 Å². The van der Waals surface area contributed by atoms with Gasteiger partial charge in [-0.3, -0.25) is 4.98 Å². The first-order valence-electron chi connectivity index (χ1n) is 7.31. The molecule has 0 radical (unpaired) electrons. The SMILES string of the molecule is COc1ccccc1P(c1cccnc1)c1ccccc1OC. The van der Waals surface area contributed by atoms with Gasteiger partial charge in [0.1, 0.15) is 11.5 Å². The Morgan fingerprint density at radius 1 is 0.739 bits per heavy atom. The summed E-state index contributed by atoms with van der Waals surface area (Å²) in [7, 11) is 2.60. The average molecular weight is 323 g/mol. The van der Waals surface area contributed by atoms with Crippen LogP contribution in [-0.4, -0.2) is 19.2 Å². The number of para-hydroxylation sites is 2. The third-order valence-corrected chi connectivity index (χ3v) is 6.04. The first-order valence-corrected chi connectivity index (χ1v) is 8.65. The van der Waals surface area contributed by atoms with Gasteiger partial charge in [0.15, 0.2) is 0 Å². The molecule has 0 saturated carbocycles. The Balaban J connectivity index is 2.23. The highest BCUT2D eigenvalue weighted by Crippen LogP contribution is 2.38. The number of benzene rings is 2. The third-order valence-electron chi connectivity index (χ3n) is 3.56. The van der Waals surface area contributed by atoms with Crippen LogP contribution in [-0.2, 0) is 0 Å². The lowest BCUT2D eigenvalue weighted by atomic mass is 10.3.